The van der Waals surface area contributed by atoms with Gasteiger partial charge in [-0.05, 0) is 48.9 Å². The number of anilines is 1. The summed E-state index contributed by atoms with van der Waals surface area (Å²) in [5.74, 6) is -1.06. The molecular formula is C25H20BrNO4. The number of benzene rings is 3. The van der Waals surface area contributed by atoms with Crippen LogP contribution in [-0.2, 0) is 9.59 Å². The molecule has 1 amide bonds. The van der Waals surface area contributed by atoms with Gasteiger partial charge in [-0.3, -0.25) is 14.5 Å². The van der Waals surface area contributed by atoms with Crippen molar-refractivity contribution in [3.63, 3.8) is 0 Å². The average Bonchev–Trinajstić information content (AvgIpc) is 3.05. The van der Waals surface area contributed by atoms with Crippen LogP contribution in [0.4, 0.5) is 5.69 Å². The predicted octanol–water partition coefficient (Wildman–Crippen LogP) is 5.47. The Morgan fingerprint density at radius 3 is 2.39 bits per heavy atom. The number of Topliss-reactive ketones (excluding diaryl/α,β-unsaturated/α-hetero) is 1. The fraction of sp³-hybridized carbons (Fsp3) is 0.120. The van der Waals surface area contributed by atoms with Crippen molar-refractivity contribution in [3.05, 3.63) is 100 Å². The van der Waals surface area contributed by atoms with Crippen LogP contribution in [0.15, 0.2) is 88.9 Å². The van der Waals surface area contributed by atoms with Crippen molar-refractivity contribution in [1.29, 1.82) is 0 Å². The smallest absolute Gasteiger partial charge is 0.300 e. The Bertz CT molecular complexity index is 1160. The lowest BCUT2D eigenvalue weighted by molar-refractivity contribution is -0.132. The van der Waals surface area contributed by atoms with Crippen LogP contribution in [0.1, 0.15) is 24.1 Å². The average molecular weight is 478 g/mol. The molecule has 31 heavy (non-hydrogen) atoms. The van der Waals surface area contributed by atoms with Gasteiger partial charge in [0.15, 0.2) is 0 Å². The molecule has 1 unspecified atom stereocenters. The highest BCUT2D eigenvalue weighted by molar-refractivity contribution is 9.10. The number of hydrogen-bond acceptors (Lipinski definition) is 4. The highest BCUT2D eigenvalue weighted by atomic mass is 79.9. The maximum absolute atomic E-state index is 13.1. The minimum atomic E-state index is -0.752. The molecule has 0 aromatic heterocycles. The number of halogens is 1. The number of aliphatic hydroxyl groups excluding tert-OH is 1. The topological polar surface area (TPSA) is 66.8 Å². The highest BCUT2D eigenvalue weighted by Gasteiger charge is 2.46. The number of ketones is 1. The largest absolute Gasteiger partial charge is 0.507 e. The van der Waals surface area contributed by atoms with E-state index in [4.69, 9.17) is 4.74 Å². The van der Waals surface area contributed by atoms with Crippen LogP contribution in [0.5, 0.6) is 5.75 Å². The molecule has 3 aromatic rings. The number of amides is 1. The first kappa shape index (κ1) is 20.9. The summed E-state index contributed by atoms with van der Waals surface area (Å²) in [6.45, 7) is 2.34. The summed E-state index contributed by atoms with van der Waals surface area (Å²) in [5.41, 5.74) is 1.77. The first-order valence-electron chi connectivity index (χ1n) is 9.86. The van der Waals surface area contributed by atoms with Crippen LogP contribution in [-0.4, -0.2) is 23.4 Å². The van der Waals surface area contributed by atoms with Gasteiger partial charge in [-0.15, -0.1) is 0 Å². The highest BCUT2D eigenvalue weighted by Crippen LogP contribution is 2.42. The van der Waals surface area contributed by atoms with E-state index in [1.54, 1.807) is 36.4 Å². The third kappa shape index (κ3) is 3.99. The molecule has 1 saturated heterocycles. The number of carbonyl (C=O) groups excluding carboxylic acids is 2. The maximum atomic E-state index is 13.1. The number of rotatable bonds is 5. The maximum Gasteiger partial charge on any atom is 0.300 e. The van der Waals surface area contributed by atoms with E-state index in [0.29, 0.717) is 23.6 Å². The zero-order valence-electron chi connectivity index (χ0n) is 16.8. The van der Waals surface area contributed by atoms with Crippen LogP contribution in [0.3, 0.4) is 0 Å². The normalized spacial score (nSPS) is 17.7. The van der Waals surface area contributed by atoms with Gasteiger partial charge in [-0.2, -0.15) is 0 Å². The third-order valence-electron chi connectivity index (χ3n) is 5.08. The van der Waals surface area contributed by atoms with E-state index in [1.807, 2.05) is 49.4 Å². The summed E-state index contributed by atoms with van der Waals surface area (Å²) in [6.07, 6.45) is 0. The fourth-order valence-corrected chi connectivity index (χ4v) is 3.97. The Balaban J connectivity index is 1.90. The molecule has 1 fully saturated rings. The summed E-state index contributed by atoms with van der Waals surface area (Å²) in [6, 6.07) is 22.5. The van der Waals surface area contributed by atoms with Crippen molar-refractivity contribution in [2.75, 3.05) is 11.5 Å². The number of hydrogen-bond donors (Lipinski definition) is 1. The molecular weight excluding hydrogens is 458 g/mol. The lowest BCUT2D eigenvalue weighted by atomic mass is 9.95. The fourth-order valence-electron chi connectivity index (χ4n) is 3.71. The molecule has 0 aliphatic carbocycles. The monoisotopic (exact) mass is 477 g/mol. The Labute approximate surface area is 188 Å². The first-order chi connectivity index (χ1) is 15.0. The number of carbonyl (C=O) groups is 2. The molecule has 4 rings (SSSR count). The minimum absolute atomic E-state index is 0.0489. The number of aliphatic hydroxyl groups is 1. The van der Waals surface area contributed by atoms with Gasteiger partial charge in [-0.1, -0.05) is 58.4 Å². The number of ether oxygens (including phenoxy) is 1. The molecule has 3 aromatic carbocycles. The molecule has 5 nitrogen and oxygen atoms in total. The zero-order valence-corrected chi connectivity index (χ0v) is 18.4. The second-order valence-electron chi connectivity index (χ2n) is 7.02. The molecule has 0 saturated carbocycles. The molecule has 1 N–H and O–H groups in total. The summed E-state index contributed by atoms with van der Waals surface area (Å²) in [5, 5.41) is 11.2. The molecule has 0 radical (unpaired) electrons. The third-order valence-corrected chi connectivity index (χ3v) is 5.61. The summed E-state index contributed by atoms with van der Waals surface area (Å²) < 4.78 is 6.38. The molecule has 0 spiro atoms. The lowest BCUT2D eigenvalue weighted by Gasteiger charge is -2.25. The van der Waals surface area contributed by atoms with Gasteiger partial charge in [0.1, 0.15) is 11.5 Å². The minimum Gasteiger partial charge on any atom is -0.507 e. The zero-order chi connectivity index (χ0) is 22.0. The van der Waals surface area contributed by atoms with Gasteiger partial charge in [0.05, 0.1) is 18.2 Å². The van der Waals surface area contributed by atoms with Crippen molar-refractivity contribution >= 4 is 39.1 Å². The first-order valence-corrected chi connectivity index (χ1v) is 10.6. The van der Waals surface area contributed by atoms with Crippen LogP contribution >= 0.6 is 15.9 Å². The Kier molecular flexibility index (Phi) is 5.91. The standard InChI is InChI=1S/C25H20BrNO4/c1-2-31-20-10-6-9-17(15-20)23(28)21-22(16-7-4-3-5-8-16)27(25(30)24(21)29)19-13-11-18(26)12-14-19/h3-15,22,28H,2H2,1H3/b23-21-. The van der Waals surface area contributed by atoms with Crippen LogP contribution in [0, 0.1) is 0 Å². The van der Waals surface area contributed by atoms with Crippen molar-refractivity contribution in [2.24, 2.45) is 0 Å². The molecule has 0 bridgehead atoms. The molecule has 156 valence electrons. The van der Waals surface area contributed by atoms with Crippen molar-refractivity contribution < 1.29 is 19.4 Å². The summed E-state index contributed by atoms with van der Waals surface area (Å²) in [7, 11) is 0. The molecule has 1 aliphatic rings. The Hall–Kier alpha value is -3.38. The number of nitrogens with zero attached hydrogens (tertiary/aromatic N) is 1. The van der Waals surface area contributed by atoms with E-state index in [-0.39, 0.29) is 11.3 Å². The Morgan fingerprint density at radius 1 is 1.00 bits per heavy atom. The van der Waals surface area contributed by atoms with Gasteiger partial charge in [0.25, 0.3) is 11.7 Å². The summed E-state index contributed by atoms with van der Waals surface area (Å²) in [4.78, 5) is 27.6. The SMILES string of the molecule is CCOc1cccc(/C(O)=C2/C(=O)C(=O)N(c3ccc(Br)cc3)C2c2ccccc2)c1. The van der Waals surface area contributed by atoms with Gasteiger partial charge in [-0.25, -0.2) is 0 Å². The van der Waals surface area contributed by atoms with Gasteiger partial charge < -0.3 is 9.84 Å². The quantitative estimate of drug-likeness (QED) is 0.300. The van der Waals surface area contributed by atoms with E-state index in [1.165, 1.54) is 4.90 Å². The van der Waals surface area contributed by atoms with E-state index in [2.05, 4.69) is 15.9 Å². The Morgan fingerprint density at radius 2 is 1.71 bits per heavy atom. The summed E-state index contributed by atoms with van der Waals surface area (Å²) >= 11 is 3.39. The molecule has 6 heteroatoms. The van der Waals surface area contributed by atoms with Crippen molar-refractivity contribution in [2.45, 2.75) is 13.0 Å². The molecule has 1 heterocycles. The van der Waals surface area contributed by atoms with E-state index < -0.39 is 17.7 Å². The van der Waals surface area contributed by atoms with E-state index in [0.717, 1.165) is 10.0 Å². The molecule has 1 atom stereocenters. The van der Waals surface area contributed by atoms with Crippen LogP contribution < -0.4 is 9.64 Å². The van der Waals surface area contributed by atoms with Gasteiger partial charge in [0, 0.05) is 15.7 Å². The second-order valence-corrected chi connectivity index (χ2v) is 7.93. The van der Waals surface area contributed by atoms with Crippen molar-refractivity contribution in [1.82, 2.24) is 0 Å². The van der Waals surface area contributed by atoms with Crippen LogP contribution in [0.25, 0.3) is 5.76 Å². The predicted molar refractivity (Wildman–Crippen MR) is 123 cm³/mol. The second kappa shape index (κ2) is 8.78. The lowest BCUT2D eigenvalue weighted by Crippen LogP contribution is -2.29. The van der Waals surface area contributed by atoms with Gasteiger partial charge >= 0.3 is 0 Å². The molecule has 1 aliphatic heterocycles. The van der Waals surface area contributed by atoms with Gasteiger partial charge in [0.2, 0.25) is 0 Å². The van der Waals surface area contributed by atoms with E-state index in [9.17, 15) is 14.7 Å². The van der Waals surface area contributed by atoms with Crippen molar-refractivity contribution in [3.8, 4) is 5.75 Å². The van der Waals surface area contributed by atoms with E-state index >= 15 is 0 Å². The van der Waals surface area contributed by atoms with Crippen LogP contribution in [0.2, 0.25) is 0 Å².